The number of hydrogen-bond donors (Lipinski definition) is 3. The number of amides is 1. The van der Waals surface area contributed by atoms with Crippen molar-refractivity contribution in [3.63, 3.8) is 0 Å². The van der Waals surface area contributed by atoms with Crippen molar-refractivity contribution in [3.8, 4) is 0 Å². The molecule has 1 heterocycles. The molecule has 0 saturated carbocycles. The Morgan fingerprint density at radius 1 is 1.33 bits per heavy atom. The maximum absolute atomic E-state index is 12.4. The first-order valence-corrected chi connectivity index (χ1v) is 8.81. The van der Waals surface area contributed by atoms with E-state index in [9.17, 15) is 14.9 Å². The number of hydrazine groups is 1. The van der Waals surface area contributed by atoms with Crippen LogP contribution in [0.1, 0.15) is 36.8 Å². The monoisotopic (exact) mass is 390 g/mol. The SMILES string of the molecule is CCc1ccccc1NC(=S)NNC(=O)[C@@H](C)n1nc(C)c([N+](=O)[O-])c1C. The lowest BCUT2D eigenvalue weighted by molar-refractivity contribution is -0.386. The van der Waals surface area contributed by atoms with Gasteiger partial charge in [-0.2, -0.15) is 5.10 Å². The zero-order valence-electron chi connectivity index (χ0n) is 15.6. The Morgan fingerprint density at radius 3 is 2.59 bits per heavy atom. The van der Waals surface area contributed by atoms with E-state index in [0.717, 1.165) is 17.7 Å². The molecule has 0 fully saturated rings. The van der Waals surface area contributed by atoms with Crippen molar-refractivity contribution in [1.82, 2.24) is 20.6 Å². The molecule has 0 aliphatic heterocycles. The highest BCUT2D eigenvalue weighted by Gasteiger charge is 2.27. The number of nitrogens with zero attached hydrogens (tertiary/aromatic N) is 3. The maximum Gasteiger partial charge on any atom is 0.312 e. The number of carbonyl (C=O) groups is 1. The lowest BCUT2D eigenvalue weighted by Gasteiger charge is -2.17. The highest BCUT2D eigenvalue weighted by Crippen LogP contribution is 2.24. The van der Waals surface area contributed by atoms with Crippen LogP contribution in [0.2, 0.25) is 0 Å². The minimum atomic E-state index is -0.754. The van der Waals surface area contributed by atoms with E-state index in [2.05, 4.69) is 21.3 Å². The van der Waals surface area contributed by atoms with Gasteiger partial charge in [0, 0.05) is 5.69 Å². The quantitative estimate of drug-likeness (QED) is 0.408. The van der Waals surface area contributed by atoms with Gasteiger partial charge in [0.05, 0.1) is 4.92 Å². The average molecular weight is 390 g/mol. The number of aryl methyl sites for hydroxylation is 2. The van der Waals surface area contributed by atoms with E-state index in [-0.39, 0.29) is 16.5 Å². The second-order valence-corrected chi connectivity index (χ2v) is 6.38. The van der Waals surface area contributed by atoms with Gasteiger partial charge in [0.2, 0.25) is 0 Å². The number of hydrogen-bond acceptors (Lipinski definition) is 5. The number of benzene rings is 1. The molecule has 27 heavy (non-hydrogen) atoms. The Balaban J connectivity index is 2.00. The summed E-state index contributed by atoms with van der Waals surface area (Å²) in [5, 5.41) is 18.5. The van der Waals surface area contributed by atoms with Gasteiger partial charge in [-0.1, -0.05) is 25.1 Å². The molecular weight excluding hydrogens is 368 g/mol. The number of nitrogens with one attached hydrogen (secondary N) is 3. The first-order valence-electron chi connectivity index (χ1n) is 8.41. The van der Waals surface area contributed by atoms with Crippen molar-refractivity contribution in [2.24, 2.45) is 0 Å². The van der Waals surface area contributed by atoms with Gasteiger partial charge in [0.15, 0.2) is 5.11 Å². The third-order valence-corrected chi connectivity index (χ3v) is 4.37. The third-order valence-electron chi connectivity index (χ3n) is 4.16. The maximum atomic E-state index is 12.4. The Morgan fingerprint density at radius 2 is 2.00 bits per heavy atom. The van der Waals surface area contributed by atoms with Crippen molar-refractivity contribution < 1.29 is 9.72 Å². The molecule has 1 amide bonds. The van der Waals surface area contributed by atoms with Crippen LogP contribution in [0.5, 0.6) is 0 Å². The fraction of sp³-hybridized carbons (Fsp3) is 0.353. The van der Waals surface area contributed by atoms with E-state index < -0.39 is 16.9 Å². The summed E-state index contributed by atoms with van der Waals surface area (Å²) in [5.74, 6) is -0.427. The summed E-state index contributed by atoms with van der Waals surface area (Å²) in [6, 6.07) is 6.96. The van der Waals surface area contributed by atoms with Gasteiger partial charge in [0.25, 0.3) is 5.91 Å². The van der Waals surface area contributed by atoms with Crippen molar-refractivity contribution in [2.75, 3.05) is 5.32 Å². The van der Waals surface area contributed by atoms with E-state index in [1.165, 1.54) is 11.6 Å². The summed E-state index contributed by atoms with van der Waals surface area (Å²) in [7, 11) is 0. The fourth-order valence-corrected chi connectivity index (χ4v) is 2.89. The predicted octanol–water partition coefficient (Wildman–Crippen LogP) is 2.55. The van der Waals surface area contributed by atoms with Gasteiger partial charge in [-0.05, 0) is 51.0 Å². The van der Waals surface area contributed by atoms with Crippen molar-refractivity contribution in [2.45, 2.75) is 40.2 Å². The van der Waals surface area contributed by atoms with E-state index in [1.807, 2.05) is 31.2 Å². The number of carbonyl (C=O) groups excluding carboxylic acids is 1. The van der Waals surface area contributed by atoms with Crippen LogP contribution in [-0.2, 0) is 11.2 Å². The van der Waals surface area contributed by atoms with Crippen molar-refractivity contribution in [3.05, 3.63) is 51.3 Å². The summed E-state index contributed by atoms with van der Waals surface area (Å²) in [4.78, 5) is 23.0. The molecule has 0 aliphatic rings. The van der Waals surface area contributed by atoms with Gasteiger partial charge in [-0.3, -0.25) is 30.4 Å². The van der Waals surface area contributed by atoms with E-state index in [0.29, 0.717) is 5.69 Å². The third kappa shape index (κ3) is 4.59. The first-order chi connectivity index (χ1) is 12.8. The summed E-state index contributed by atoms with van der Waals surface area (Å²) in [6.45, 7) is 6.73. The largest absolute Gasteiger partial charge is 0.331 e. The second kappa shape index (κ2) is 8.58. The molecule has 0 radical (unpaired) electrons. The van der Waals surface area contributed by atoms with Gasteiger partial charge in [-0.25, -0.2) is 0 Å². The molecule has 2 aromatic rings. The Kier molecular flexibility index (Phi) is 6.45. The zero-order chi connectivity index (χ0) is 20.1. The smallest absolute Gasteiger partial charge is 0.312 e. The van der Waals surface area contributed by atoms with Crippen LogP contribution in [-0.4, -0.2) is 25.7 Å². The van der Waals surface area contributed by atoms with Crippen LogP contribution in [0.4, 0.5) is 11.4 Å². The lowest BCUT2D eigenvalue weighted by atomic mass is 10.1. The van der Waals surface area contributed by atoms with Gasteiger partial charge in [0.1, 0.15) is 17.4 Å². The molecule has 0 saturated heterocycles. The molecule has 2 rings (SSSR count). The molecule has 1 aromatic heterocycles. The van der Waals surface area contributed by atoms with Crippen LogP contribution >= 0.6 is 12.2 Å². The lowest BCUT2D eigenvalue weighted by Crippen LogP contribution is -2.46. The summed E-state index contributed by atoms with van der Waals surface area (Å²) >= 11 is 5.20. The number of rotatable bonds is 5. The van der Waals surface area contributed by atoms with Crippen LogP contribution in [0.3, 0.4) is 0 Å². The number of anilines is 1. The van der Waals surface area contributed by atoms with E-state index in [1.54, 1.807) is 13.8 Å². The number of thiocarbonyl (C=S) groups is 1. The van der Waals surface area contributed by atoms with Crippen LogP contribution in [0, 0.1) is 24.0 Å². The van der Waals surface area contributed by atoms with Gasteiger partial charge in [-0.15, -0.1) is 0 Å². The topological polar surface area (TPSA) is 114 Å². The van der Waals surface area contributed by atoms with Gasteiger partial charge < -0.3 is 5.32 Å². The number of nitro groups is 1. The average Bonchev–Trinajstić information content (AvgIpc) is 2.93. The standard InChI is InChI=1S/C17H22N6O3S/c1-5-13-8-6-7-9-14(13)18-17(27)20-19-16(24)12(4)22-11(3)15(23(25)26)10(2)21-22/h6-9,12H,5H2,1-4H3,(H,19,24)(H2,18,20,27)/t12-/m1/s1. The molecular formula is C17H22N6O3S. The van der Waals surface area contributed by atoms with Crippen LogP contribution in [0.25, 0.3) is 0 Å². The molecule has 3 N–H and O–H groups in total. The predicted molar refractivity (Wildman–Crippen MR) is 106 cm³/mol. The minimum absolute atomic E-state index is 0.0871. The molecule has 0 spiro atoms. The summed E-state index contributed by atoms with van der Waals surface area (Å²) in [5.41, 5.74) is 7.58. The molecule has 10 heteroatoms. The van der Waals surface area contributed by atoms with Crippen molar-refractivity contribution >= 4 is 34.6 Å². The molecule has 0 aliphatic carbocycles. The normalized spacial score (nSPS) is 11.6. The Bertz CT molecular complexity index is 880. The molecule has 0 unspecified atom stereocenters. The van der Waals surface area contributed by atoms with E-state index in [4.69, 9.17) is 12.2 Å². The molecule has 0 bridgehead atoms. The van der Waals surface area contributed by atoms with Crippen LogP contribution < -0.4 is 16.2 Å². The van der Waals surface area contributed by atoms with Crippen LogP contribution in [0.15, 0.2) is 24.3 Å². The molecule has 144 valence electrons. The fourth-order valence-electron chi connectivity index (χ4n) is 2.73. The minimum Gasteiger partial charge on any atom is -0.331 e. The van der Waals surface area contributed by atoms with Gasteiger partial charge >= 0.3 is 5.69 Å². The Hall–Kier alpha value is -3.01. The first kappa shape index (κ1) is 20.3. The molecule has 1 aromatic carbocycles. The Labute approximate surface area is 162 Å². The second-order valence-electron chi connectivity index (χ2n) is 5.98. The molecule has 9 nitrogen and oxygen atoms in total. The van der Waals surface area contributed by atoms with E-state index >= 15 is 0 Å². The summed E-state index contributed by atoms with van der Waals surface area (Å²) in [6.07, 6.45) is 0.839. The number of aromatic nitrogens is 2. The summed E-state index contributed by atoms with van der Waals surface area (Å²) < 4.78 is 1.33. The van der Waals surface area contributed by atoms with Crippen molar-refractivity contribution in [1.29, 1.82) is 0 Å². The highest BCUT2D eigenvalue weighted by molar-refractivity contribution is 7.80. The molecule has 1 atom stereocenters. The highest BCUT2D eigenvalue weighted by atomic mass is 32.1. The zero-order valence-corrected chi connectivity index (χ0v) is 16.4. The number of para-hydroxylation sites is 1.